The van der Waals surface area contributed by atoms with Crippen LogP contribution in [0.1, 0.15) is 39.0 Å². The molecule has 1 N–H and O–H groups in total. The Balaban J connectivity index is 1.38. The predicted molar refractivity (Wildman–Crippen MR) is 115 cm³/mol. The van der Waals surface area contributed by atoms with Crippen molar-refractivity contribution in [3.8, 4) is 11.5 Å². The Labute approximate surface area is 186 Å². The fourth-order valence-corrected chi connectivity index (χ4v) is 4.11. The molecule has 0 saturated carbocycles. The molecule has 1 fully saturated rings. The molecule has 1 atom stereocenters. The zero-order chi connectivity index (χ0) is 22.8. The van der Waals surface area contributed by atoms with Crippen molar-refractivity contribution in [3.63, 3.8) is 0 Å². The van der Waals surface area contributed by atoms with Gasteiger partial charge in [0.2, 0.25) is 6.10 Å². The van der Waals surface area contributed by atoms with Gasteiger partial charge in [-0.05, 0) is 38.5 Å². The molecular formula is C23H27N3O6. The minimum Gasteiger partial charge on any atom is -0.485 e. The van der Waals surface area contributed by atoms with E-state index in [1.54, 1.807) is 42.7 Å². The van der Waals surface area contributed by atoms with Crippen LogP contribution in [0.25, 0.3) is 0 Å². The van der Waals surface area contributed by atoms with Crippen LogP contribution >= 0.6 is 0 Å². The van der Waals surface area contributed by atoms with Gasteiger partial charge in [0.1, 0.15) is 12.3 Å². The number of fused-ring (bicyclic) bond motifs is 1. The minimum atomic E-state index is -0.701. The van der Waals surface area contributed by atoms with Gasteiger partial charge in [-0.15, -0.1) is 0 Å². The fourth-order valence-electron chi connectivity index (χ4n) is 4.11. The average molecular weight is 441 g/mol. The maximum absolute atomic E-state index is 13.2. The van der Waals surface area contributed by atoms with E-state index in [1.165, 1.54) is 0 Å². The van der Waals surface area contributed by atoms with Crippen LogP contribution in [0.5, 0.6) is 11.5 Å². The van der Waals surface area contributed by atoms with Crippen LogP contribution in [0.2, 0.25) is 0 Å². The number of ether oxygens (including phenoxy) is 3. The number of hydrogen-bond acceptors (Lipinski definition) is 6. The third kappa shape index (κ3) is 4.02. The number of para-hydroxylation sites is 2. The summed E-state index contributed by atoms with van der Waals surface area (Å²) in [5.41, 5.74) is 1.99. The Morgan fingerprint density at radius 2 is 1.72 bits per heavy atom. The Kier molecular flexibility index (Phi) is 6.07. The lowest BCUT2D eigenvalue weighted by molar-refractivity contribution is -0.142. The second-order valence-electron chi connectivity index (χ2n) is 7.83. The molecule has 4 rings (SSSR count). The van der Waals surface area contributed by atoms with Crippen LogP contribution in [-0.4, -0.2) is 78.1 Å². The van der Waals surface area contributed by atoms with Crippen molar-refractivity contribution in [1.82, 2.24) is 14.8 Å². The van der Waals surface area contributed by atoms with Gasteiger partial charge in [0.25, 0.3) is 11.8 Å². The van der Waals surface area contributed by atoms with Crippen LogP contribution in [-0.2, 0) is 9.53 Å². The van der Waals surface area contributed by atoms with Crippen molar-refractivity contribution < 1.29 is 28.6 Å². The van der Waals surface area contributed by atoms with Gasteiger partial charge in [0.15, 0.2) is 11.5 Å². The number of aromatic nitrogens is 1. The molecule has 9 heteroatoms. The molecule has 32 heavy (non-hydrogen) atoms. The Hall–Kier alpha value is -3.49. The number of aromatic amines is 1. The summed E-state index contributed by atoms with van der Waals surface area (Å²) in [6.45, 7) is 7.26. The lowest BCUT2D eigenvalue weighted by atomic mass is 10.1. The second kappa shape index (κ2) is 8.94. The number of H-pyrrole nitrogens is 1. The number of carbonyl (C=O) groups excluding carboxylic acids is 3. The van der Waals surface area contributed by atoms with Gasteiger partial charge in [0.05, 0.1) is 12.2 Å². The number of piperazine rings is 1. The first-order valence-electron chi connectivity index (χ1n) is 10.7. The van der Waals surface area contributed by atoms with Crippen molar-refractivity contribution in [2.24, 2.45) is 0 Å². The largest absolute Gasteiger partial charge is 0.485 e. The second-order valence-corrected chi connectivity index (χ2v) is 7.83. The molecule has 3 heterocycles. The highest BCUT2D eigenvalue weighted by Crippen LogP contribution is 2.31. The highest BCUT2D eigenvalue weighted by Gasteiger charge is 2.34. The van der Waals surface area contributed by atoms with Crippen molar-refractivity contribution in [3.05, 3.63) is 46.8 Å². The van der Waals surface area contributed by atoms with E-state index in [0.29, 0.717) is 60.2 Å². The van der Waals surface area contributed by atoms with Crippen LogP contribution in [0, 0.1) is 13.8 Å². The maximum Gasteiger partial charge on any atom is 0.355 e. The highest BCUT2D eigenvalue weighted by atomic mass is 16.6. The van der Waals surface area contributed by atoms with Crippen LogP contribution < -0.4 is 9.47 Å². The van der Waals surface area contributed by atoms with Gasteiger partial charge in [-0.25, -0.2) is 4.79 Å². The van der Waals surface area contributed by atoms with E-state index in [-0.39, 0.29) is 25.0 Å². The zero-order valence-corrected chi connectivity index (χ0v) is 18.5. The molecule has 1 aromatic carbocycles. The van der Waals surface area contributed by atoms with Crippen LogP contribution in [0.3, 0.4) is 0 Å². The first-order valence-corrected chi connectivity index (χ1v) is 10.7. The first kappa shape index (κ1) is 21.7. The number of benzene rings is 1. The van der Waals surface area contributed by atoms with E-state index in [4.69, 9.17) is 14.2 Å². The van der Waals surface area contributed by atoms with Crippen molar-refractivity contribution in [2.75, 3.05) is 39.4 Å². The van der Waals surface area contributed by atoms with E-state index in [1.807, 2.05) is 12.1 Å². The highest BCUT2D eigenvalue weighted by molar-refractivity contribution is 6.01. The molecule has 1 saturated heterocycles. The molecule has 0 radical (unpaired) electrons. The molecule has 2 aliphatic rings. The molecule has 1 unspecified atom stereocenters. The number of rotatable bonds is 4. The van der Waals surface area contributed by atoms with E-state index in [9.17, 15) is 14.4 Å². The SMILES string of the molecule is CCOC(=O)c1[nH]c(C)c(C(=O)N2CCN(C(=O)C3COc4ccccc4O3)CC2)c1C. The van der Waals surface area contributed by atoms with Crippen LogP contribution in [0.4, 0.5) is 0 Å². The molecule has 0 bridgehead atoms. The molecular weight excluding hydrogens is 414 g/mol. The summed E-state index contributed by atoms with van der Waals surface area (Å²) in [7, 11) is 0. The molecule has 0 spiro atoms. The first-order chi connectivity index (χ1) is 15.4. The Morgan fingerprint density at radius 3 is 2.41 bits per heavy atom. The third-order valence-electron chi connectivity index (χ3n) is 5.79. The molecule has 0 aliphatic carbocycles. The molecule has 170 valence electrons. The molecule has 1 aromatic heterocycles. The Bertz CT molecular complexity index is 1040. The average Bonchev–Trinajstić information content (AvgIpc) is 3.12. The van der Waals surface area contributed by atoms with Crippen molar-refractivity contribution in [2.45, 2.75) is 26.9 Å². The number of nitrogens with zero attached hydrogens (tertiary/aromatic N) is 2. The number of hydrogen-bond donors (Lipinski definition) is 1. The number of amides is 2. The molecule has 2 aromatic rings. The maximum atomic E-state index is 13.2. The predicted octanol–water partition coefficient (Wildman–Crippen LogP) is 1.93. The van der Waals surface area contributed by atoms with Gasteiger partial charge >= 0.3 is 5.97 Å². The van der Waals surface area contributed by atoms with E-state index < -0.39 is 12.1 Å². The number of esters is 1. The third-order valence-corrected chi connectivity index (χ3v) is 5.79. The minimum absolute atomic E-state index is 0.148. The lowest BCUT2D eigenvalue weighted by Gasteiger charge is -2.37. The van der Waals surface area contributed by atoms with Gasteiger partial charge < -0.3 is 29.0 Å². The smallest absolute Gasteiger partial charge is 0.355 e. The van der Waals surface area contributed by atoms with Crippen LogP contribution in [0.15, 0.2) is 24.3 Å². The standard InChI is InChI=1S/C23H27N3O6/c1-4-30-23(29)20-14(2)19(15(3)24-20)22(28)26-11-9-25(10-12-26)21(27)18-13-31-16-7-5-6-8-17(16)32-18/h5-8,18,24H,4,9-13H2,1-3H3. The number of nitrogens with one attached hydrogen (secondary N) is 1. The number of carbonyl (C=O) groups is 3. The zero-order valence-electron chi connectivity index (χ0n) is 18.5. The summed E-state index contributed by atoms with van der Waals surface area (Å²) < 4.78 is 16.5. The summed E-state index contributed by atoms with van der Waals surface area (Å²) >= 11 is 0. The summed E-state index contributed by atoms with van der Waals surface area (Å²) in [5, 5.41) is 0. The summed E-state index contributed by atoms with van der Waals surface area (Å²) in [4.78, 5) is 44.6. The van der Waals surface area contributed by atoms with Gasteiger partial charge in [0, 0.05) is 31.9 Å². The summed E-state index contributed by atoms with van der Waals surface area (Å²) in [5.74, 6) is 0.405. The number of aryl methyl sites for hydroxylation is 1. The molecule has 9 nitrogen and oxygen atoms in total. The quantitative estimate of drug-likeness (QED) is 0.728. The van der Waals surface area contributed by atoms with E-state index >= 15 is 0 Å². The van der Waals surface area contributed by atoms with Crippen molar-refractivity contribution >= 4 is 17.8 Å². The molecule has 2 aliphatic heterocycles. The fraction of sp³-hybridized carbons (Fsp3) is 0.435. The monoisotopic (exact) mass is 441 g/mol. The summed E-state index contributed by atoms with van der Waals surface area (Å²) in [6.07, 6.45) is -0.701. The lowest BCUT2D eigenvalue weighted by Crippen LogP contribution is -2.55. The normalized spacial score (nSPS) is 17.8. The van der Waals surface area contributed by atoms with Gasteiger partial charge in [-0.3, -0.25) is 9.59 Å². The van der Waals surface area contributed by atoms with Gasteiger partial charge in [-0.1, -0.05) is 12.1 Å². The van der Waals surface area contributed by atoms with E-state index in [0.717, 1.165) is 0 Å². The molecule has 2 amide bonds. The van der Waals surface area contributed by atoms with Gasteiger partial charge in [-0.2, -0.15) is 0 Å². The topological polar surface area (TPSA) is 101 Å². The summed E-state index contributed by atoms with van der Waals surface area (Å²) in [6, 6.07) is 7.26. The van der Waals surface area contributed by atoms with E-state index in [2.05, 4.69) is 4.98 Å². The van der Waals surface area contributed by atoms with Crippen molar-refractivity contribution in [1.29, 1.82) is 0 Å². The Morgan fingerprint density at radius 1 is 1.06 bits per heavy atom.